The average molecular weight is 299 g/mol. The largest absolute Gasteiger partial charge is 0.483 e. The minimum Gasteiger partial charge on any atom is -0.483 e. The molecule has 0 unspecified atom stereocenters. The van der Waals surface area contributed by atoms with Crippen LogP contribution >= 0.6 is 11.6 Å². The van der Waals surface area contributed by atoms with Crippen molar-refractivity contribution in [3.05, 3.63) is 28.8 Å². The summed E-state index contributed by atoms with van der Waals surface area (Å²) in [5.74, 6) is 0.160. The lowest BCUT2D eigenvalue weighted by Gasteiger charge is -2.11. The van der Waals surface area contributed by atoms with Crippen molar-refractivity contribution in [3.8, 4) is 5.75 Å². The summed E-state index contributed by atoms with van der Waals surface area (Å²) in [5.41, 5.74) is 6.02. The van der Waals surface area contributed by atoms with E-state index in [1.807, 2.05) is 6.07 Å². The predicted octanol–water partition coefficient (Wildman–Crippen LogP) is 2.87. The van der Waals surface area contributed by atoms with Gasteiger partial charge in [0.1, 0.15) is 5.75 Å². The zero-order valence-electron chi connectivity index (χ0n) is 12.0. The van der Waals surface area contributed by atoms with E-state index >= 15 is 0 Å². The first kappa shape index (κ1) is 16.8. The molecule has 0 aromatic heterocycles. The molecule has 0 heterocycles. The number of rotatable bonds is 10. The lowest BCUT2D eigenvalue weighted by molar-refractivity contribution is -0.119. The molecule has 0 saturated heterocycles. The molecule has 3 N–H and O–H groups in total. The normalized spacial score (nSPS) is 10.5. The number of nitrogens with one attached hydrogen (secondary N) is 1. The molecule has 0 spiro atoms. The number of ether oxygens (including phenoxy) is 1. The van der Waals surface area contributed by atoms with Gasteiger partial charge in [-0.25, -0.2) is 0 Å². The third kappa shape index (κ3) is 6.78. The lowest BCUT2D eigenvalue weighted by Crippen LogP contribution is -2.21. The molecule has 0 bridgehead atoms. The number of amides is 1. The van der Waals surface area contributed by atoms with Crippen molar-refractivity contribution < 1.29 is 9.53 Å². The van der Waals surface area contributed by atoms with Gasteiger partial charge in [-0.15, -0.1) is 0 Å². The Hall–Kier alpha value is -1.26. The third-order valence-corrected chi connectivity index (χ3v) is 3.15. The number of hydrogen-bond acceptors (Lipinski definition) is 3. The monoisotopic (exact) mass is 298 g/mol. The Kier molecular flexibility index (Phi) is 8.07. The Balaban J connectivity index is 2.45. The second kappa shape index (κ2) is 9.61. The number of hydrogen-bond donors (Lipinski definition) is 2. The zero-order valence-corrected chi connectivity index (χ0v) is 12.7. The number of primary amides is 1. The number of unbranched alkanes of at least 4 members (excludes halogenated alkanes) is 3. The first-order chi connectivity index (χ1) is 9.63. The fraction of sp³-hybridized carbons (Fsp3) is 0.533. The maximum Gasteiger partial charge on any atom is 0.255 e. The Bertz CT molecular complexity index is 424. The van der Waals surface area contributed by atoms with Crippen LogP contribution in [-0.2, 0) is 11.3 Å². The summed E-state index contributed by atoms with van der Waals surface area (Å²) in [4.78, 5) is 10.8. The summed E-state index contributed by atoms with van der Waals surface area (Å²) in [7, 11) is 0. The second-order valence-corrected chi connectivity index (χ2v) is 5.18. The molecule has 1 aromatic carbocycles. The fourth-order valence-electron chi connectivity index (χ4n) is 1.88. The Morgan fingerprint density at radius 2 is 2.15 bits per heavy atom. The molecule has 20 heavy (non-hydrogen) atoms. The Labute approximate surface area is 125 Å². The standard InChI is InChI=1S/C15H23ClN2O2/c1-2-3-4-5-8-18-10-12-9-13(16)6-7-14(12)20-11-15(17)19/h6-7,9,18H,2-5,8,10-11H2,1H3,(H2,17,19). The van der Waals surface area contributed by atoms with Crippen molar-refractivity contribution in [2.24, 2.45) is 5.73 Å². The van der Waals surface area contributed by atoms with Gasteiger partial charge in [0.25, 0.3) is 5.91 Å². The Morgan fingerprint density at radius 3 is 2.85 bits per heavy atom. The number of carbonyl (C=O) groups excluding carboxylic acids is 1. The molecule has 0 fully saturated rings. The highest BCUT2D eigenvalue weighted by Gasteiger charge is 2.06. The highest BCUT2D eigenvalue weighted by molar-refractivity contribution is 6.30. The first-order valence-electron chi connectivity index (χ1n) is 7.03. The van der Waals surface area contributed by atoms with Crippen LogP contribution in [0.5, 0.6) is 5.75 Å². The molecule has 1 aromatic rings. The molecule has 1 amide bonds. The van der Waals surface area contributed by atoms with Crippen LogP contribution in [0.1, 0.15) is 38.2 Å². The SMILES string of the molecule is CCCCCCNCc1cc(Cl)ccc1OCC(N)=O. The van der Waals surface area contributed by atoms with Crippen LogP contribution in [-0.4, -0.2) is 19.1 Å². The van der Waals surface area contributed by atoms with E-state index in [0.717, 1.165) is 18.5 Å². The molecule has 0 saturated carbocycles. The third-order valence-electron chi connectivity index (χ3n) is 2.92. The summed E-state index contributed by atoms with van der Waals surface area (Å²) in [6.07, 6.45) is 4.90. The molecule has 112 valence electrons. The summed E-state index contributed by atoms with van der Waals surface area (Å²) in [6, 6.07) is 5.35. The number of halogens is 1. The van der Waals surface area contributed by atoms with Crippen LogP contribution in [0, 0.1) is 0 Å². The topological polar surface area (TPSA) is 64.3 Å². The number of benzene rings is 1. The van der Waals surface area contributed by atoms with E-state index in [4.69, 9.17) is 22.1 Å². The lowest BCUT2D eigenvalue weighted by atomic mass is 10.2. The summed E-state index contributed by atoms with van der Waals surface area (Å²) in [5, 5.41) is 4.01. The molecule has 0 atom stereocenters. The van der Waals surface area contributed by atoms with E-state index in [1.54, 1.807) is 12.1 Å². The van der Waals surface area contributed by atoms with Crippen LogP contribution in [0.15, 0.2) is 18.2 Å². The van der Waals surface area contributed by atoms with Crippen LogP contribution in [0.3, 0.4) is 0 Å². The summed E-state index contributed by atoms with van der Waals surface area (Å²) in [6.45, 7) is 3.70. The molecule has 0 radical (unpaired) electrons. The predicted molar refractivity (Wildman–Crippen MR) is 82.0 cm³/mol. The number of nitrogens with two attached hydrogens (primary N) is 1. The van der Waals surface area contributed by atoms with Gasteiger partial charge < -0.3 is 15.8 Å². The van der Waals surface area contributed by atoms with Gasteiger partial charge in [-0.2, -0.15) is 0 Å². The highest BCUT2D eigenvalue weighted by Crippen LogP contribution is 2.22. The van der Waals surface area contributed by atoms with Gasteiger partial charge in [-0.05, 0) is 31.2 Å². The molecule has 4 nitrogen and oxygen atoms in total. The van der Waals surface area contributed by atoms with Gasteiger partial charge in [0.2, 0.25) is 0 Å². The maximum atomic E-state index is 10.8. The first-order valence-corrected chi connectivity index (χ1v) is 7.41. The average Bonchev–Trinajstić information content (AvgIpc) is 2.41. The van der Waals surface area contributed by atoms with E-state index < -0.39 is 5.91 Å². The van der Waals surface area contributed by atoms with Gasteiger partial charge in [-0.3, -0.25) is 4.79 Å². The zero-order chi connectivity index (χ0) is 14.8. The van der Waals surface area contributed by atoms with Crippen molar-refractivity contribution >= 4 is 17.5 Å². The smallest absolute Gasteiger partial charge is 0.255 e. The molecular formula is C15H23ClN2O2. The van der Waals surface area contributed by atoms with Crippen LogP contribution < -0.4 is 15.8 Å². The van der Waals surface area contributed by atoms with Crippen molar-refractivity contribution in [3.63, 3.8) is 0 Å². The Morgan fingerprint density at radius 1 is 1.35 bits per heavy atom. The van der Waals surface area contributed by atoms with E-state index in [2.05, 4.69) is 12.2 Å². The second-order valence-electron chi connectivity index (χ2n) is 4.74. The quantitative estimate of drug-likeness (QED) is 0.653. The molecule has 0 aliphatic carbocycles. The molecule has 0 aliphatic rings. The highest BCUT2D eigenvalue weighted by atomic mass is 35.5. The van der Waals surface area contributed by atoms with Crippen LogP contribution in [0.2, 0.25) is 5.02 Å². The van der Waals surface area contributed by atoms with Crippen molar-refractivity contribution in [2.75, 3.05) is 13.2 Å². The van der Waals surface area contributed by atoms with E-state index in [1.165, 1.54) is 19.3 Å². The summed E-state index contributed by atoms with van der Waals surface area (Å²) < 4.78 is 5.38. The fourth-order valence-corrected chi connectivity index (χ4v) is 2.07. The van der Waals surface area contributed by atoms with Gasteiger partial charge in [0.15, 0.2) is 6.61 Å². The van der Waals surface area contributed by atoms with Gasteiger partial charge in [0.05, 0.1) is 0 Å². The van der Waals surface area contributed by atoms with Crippen LogP contribution in [0.4, 0.5) is 0 Å². The van der Waals surface area contributed by atoms with Crippen molar-refractivity contribution in [2.45, 2.75) is 39.2 Å². The van der Waals surface area contributed by atoms with Crippen LogP contribution in [0.25, 0.3) is 0 Å². The van der Waals surface area contributed by atoms with Gasteiger partial charge in [-0.1, -0.05) is 37.8 Å². The minimum absolute atomic E-state index is 0.120. The van der Waals surface area contributed by atoms with E-state index in [9.17, 15) is 4.79 Å². The van der Waals surface area contributed by atoms with Gasteiger partial charge in [0, 0.05) is 17.1 Å². The molecule has 1 rings (SSSR count). The maximum absolute atomic E-state index is 10.8. The molecule has 5 heteroatoms. The molecule has 0 aliphatic heterocycles. The van der Waals surface area contributed by atoms with Crippen molar-refractivity contribution in [1.82, 2.24) is 5.32 Å². The minimum atomic E-state index is -0.488. The summed E-state index contributed by atoms with van der Waals surface area (Å²) >= 11 is 5.99. The van der Waals surface area contributed by atoms with E-state index in [-0.39, 0.29) is 6.61 Å². The number of carbonyl (C=O) groups is 1. The van der Waals surface area contributed by atoms with Gasteiger partial charge >= 0.3 is 0 Å². The van der Waals surface area contributed by atoms with E-state index in [0.29, 0.717) is 17.3 Å². The molecular weight excluding hydrogens is 276 g/mol. The van der Waals surface area contributed by atoms with Crippen molar-refractivity contribution in [1.29, 1.82) is 0 Å².